The summed E-state index contributed by atoms with van der Waals surface area (Å²) in [6.45, 7) is 6.57. The molecular formula is C19H25NO. The van der Waals surface area contributed by atoms with Crippen LogP contribution in [0.5, 0.6) is 5.75 Å². The Balaban J connectivity index is 2.04. The van der Waals surface area contributed by atoms with Crippen LogP contribution in [-0.2, 0) is 6.42 Å². The Bertz CT molecular complexity index is 562. The Morgan fingerprint density at radius 3 is 2.24 bits per heavy atom. The number of aryl methyl sites for hydroxylation is 1. The zero-order chi connectivity index (χ0) is 15.2. The second-order valence-corrected chi connectivity index (χ2v) is 5.48. The fourth-order valence-corrected chi connectivity index (χ4v) is 2.52. The lowest BCUT2D eigenvalue weighted by Crippen LogP contribution is -2.22. The summed E-state index contributed by atoms with van der Waals surface area (Å²) in [6, 6.07) is 17.7. The lowest BCUT2D eigenvalue weighted by molar-refractivity contribution is 0.412. The molecular weight excluding hydrogens is 258 g/mol. The van der Waals surface area contributed by atoms with E-state index in [0.29, 0.717) is 6.04 Å². The van der Waals surface area contributed by atoms with Gasteiger partial charge in [-0.2, -0.15) is 0 Å². The lowest BCUT2D eigenvalue weighted by atomic mass is 10.0. The van der Waals surface area contributed by atoms with Gasteiger partial charge in [-0.15, -0.1) is 0 Å². The van der Waals surface area contributed by atoms with Crippen molar-refractivity contribution in [3.8, 4) is 5.75 Å². The average molecular weight is 283 g/mol. The molecule has 2 rings (SSSR count). The highest BCUT2D eigenvalue weighted by molar-refractivity contribution is 5.31. The maximum atomic E-state index is 5.29. The maximum Gasteiger partial charge on any atom is 0.119 e. The Labute approximate surface area is 128 Å². The predicted octanol–water partition coefficient (Wildman–Crippen LogP) is 4.67. The van der Waals surface area contributed by atoms with Gasteiger partial charge >= 0.3 is 0 Å². The van der Waals surface area contributed by atoms with Crippen LogP contribution in [-0.4, -0.2) is 7.11 Å². The highest BCUT2D eigenvalue weighted by atomic mass is 16.5. The molecule has 0 aliphatic carbocycles. The third-order valence-corrected chi connectivity index (χ3v) is 3.98. The largest absolute Gasteiger partial charge is 0.497 e. The molecule has 0 heterocycles. The van der Waals surface area contributed by atoms with Gasteiger partial charge in [-0.1, -0.05) is 43.3 Å². The van der Waals surface area contributed by atoms with Gasteiger partial charge in [-0.05, 0) is 49.1 Å². The zero-order valence-corrected chi connectivity index (χ0v) is 13.4. The van der Waals surface area contributed by atoms with Crippen LogP contribution < -0.4 is 10.1 Å². The van der Waals surface area contributed by atoms with Crippen LogP contribution in [0.15, 0.2) is 48.5 Å². The maximum absolute atomic E-state index is 5.29. The number of ether oxygens (including phenoxy) is 1. The van der Waals surface area contributed by atoms with Gasteiger partial charge in [0.25, 0.3) is 0 Å². The third-order valence-electron chi connectivity index (χ3n) is 3.98. The van der Waals surface area contributed by atoms with Crippen molar-refractivity contribution in [3.63, 3.8) is 0 Å². The van der Waals surface area contributed by atoms with Gasteiger partial charge in [0, 0.05) is 12.1 Å². The van der Waals surface area contributed by atoms with Crippen LogP contribution in [0.4, 0.5) is 0 Å². The molecule has 112 valence electrons. The molecule has 0 fully saturated rings. The molecule has 0 aliphatic rings. The van der Waals surface area contributed by atoms with E-state index in [0.717, 1.165) is 12.2 Å². The van der Waals surface area contributed by atoms with Crippen LogP contribution in [0.3, 0.4) is 0 Å². The van der Waals surface area contributed by atoms with E-state index in [-0.39, 0.29) is 6.04 Å². The fourth-order valence-electron chi connectivity index (χ4n) is 2.52. The van der Waals surface area contributed by atoms with Gasteiger partial charge in [-0.3, -0.25) is 0 Å². The van der Waals surface area contributed by atoms with E-state index in [1.807, 2.05) is 12.1 Å². The molecule has 2 aromatic carbocycles. The minimum atomic E-state index is 0.279. The Morgan fingerprint density at radius 2 is 1.62 bits per heavy atom. The number of hydrogen-bond acceptors (Lipinski definition) is 2. The smallest absolute Gasteiger partial charge is 0.119 e. The summed E-state index contributed by atoms with van der Waals surface area (Å²) in [5.74, 6) is 0.904. The molecule has 0 bridgehead atoms. The molecule has 21 heavy (non-hydrogen) atoms. The molecule has 1 N–H and O–H groups in total. The quantitative estimate of drug-likeness (QED) is 0.832. The van der Waals surface area contributed by atoms with Gasteiger partial charge in [0.2, 0.25) is 0 Å². The SMILES string of the molecule is CCc1ccc([C@H](C)N[C@H](C)c2cccc(OC)c2)cc1. The number of hydrogen-bond donors (Lipinski definition) is 1. The van der Waals surface area contributed by atoms with Crippen LogP contribution >= 0.6 is 0 Å². The average Bonchev–Trinajstić information content (AvgIpc) is 2.54. The number of methoxy groups -OCH3 is 1. The monoisotopic (exact) mass is 283 g/mol. The summed E-state index contributed by atoms with van der Waals surface area (Å²) in [5, 5.41) is 3.65. The van der Waals surface area contributed by atoms with E-state index in [1.54, 1.807) is 7.11 Å². The molecule has 0 amide bonds. The van der Waals surface area contributed by atoms with Crippen molar-refractivity contribution >= 4 is 0 Å². The van der Waals surface area contributed by atoms with Crippen molar-refractivity contribution in [1.82, 2.24) is 5.32 Å². The molecule has 0 radical (unpaired) electrons. The van der Waals surface area contributed by atoms with Crippen LogP contribution in [0.1, 0.15) is 49.5 Å². The standard InChI is InChI=1S/C19H25NO/c1-5-16-9-11-17(12-10-16)14(2)20-15(3)18-7-6-8-19(13-18)21-4/h6-15,20H,5H2,1-4H3/t14-,15+/m0/s1. The van der Waals surface area contributed by atoms with E-state index in [9.17, 15) is 0 Å². The minimum Gasteiger partial charge on any atom is -0.497 e. The van der Waals surface area contributed by atoms with Gasteiger partial charge in [0.05, 0.1) is 7.11 Å². The molecule has 2 heteroatoms. The van der Waals surface area contributed by atoms with Crippen molar-refractivity contribution in [2.24, 2.45) is 0 Å². The van der Waals surface area contributed by atoms with E-state index >= 15 is 0 Å². The Hall–Kier alpha value is -1.80. The summed E-state index contributed by atoms with van der Waals surface area (Å²) >= 11 is 0. The fraction of sp³-hybridized carbons (Fsp3) is 0.368. The van der Waals surface area contributed by atoms with E-state index in [1.165, 1.54) is 16.7 Å². The summed E-state index contributed by atoms with van der Waals surface area (Å²) in [7, 11) is 1.70. The predicted molar refractivity (Wildman–Crippen MR) is 88.8 cm³/mol. The summed E-state index contributed by atoms with van der Waals surface area (Å²) in [6.07, 6.45) is 1.09. The van der Waals surface area contributed by atoms with E-state index in [4.69, 9.17) is 4.74 Å². The second-order valence-electron chi connectivity index (χ2n) is 5.48. The highest BCUT2D eigenvalue weighted by Gasteiger charge is 2.11. The van der Waals surface area contributed by atoms with Crippen molar-refractivity contribution in [2.45, 2.75) is 39.3 Å². The minimum absolute atomic E-state index is 0.279. The topological polar surface area (TPSA) is 21.3 Å². The van der Waals surface area contributed by atoms with Gasteiger partial charge in [0.15, 0.2) is 0 Å². The molecule has 0 aromatic heterocycles. The van der Waals surface area contributed by atoms with Gasteiger partial charge < -0.3 is 10.1 Å². The first kappa shape index (κ1) is 15.6. The third kappa shape index (κ3) is 4.08. The summed E-state index contributed by atoms with van der Waals surface area (Å²) < 4.78 is 5.29. The van der Waals surface area contributed by atoms with Crippen LogP contribution in [0.2, 0.25) is 0 Å². The van der Waals surface area contributed by atoms with Crippen molar-refractivity contribution < 1.29 is 4.74 Å². The zero-order valence-electron chi connectivity index (χ0n) is 13.4. The number of nitrogens with one attached hydrogen (secondary N) is 1. The van der Waals surface area contributed by atoms with Crippen molar-refractivity contribution in [3.05, 3.63) is 65.2 Å². The molecule has 0 aliphatic heterocycles. The summed E-state index contributed by atoms with van der Waals surface area (Å²) in [4.78, 5) is 0. The Morgan fingerprint density at radius 1 is 0.952 bits per heavy atom. The molecule has 0 spiro atoms. The first-order valence-electron chi connectivity index (χ1n) is 7.63. The highest BCUT2D eigenvalue weighted by Crippen LogP contribution is 2.22. The molecule has 0 saturated carbocycles. The van der Waals surface area contributed by atoms with Crippen LogP contribution in [0, 0.1) is 0 Å². The van der Waals surface area contributed by atoms with Crippen molar-refractivity contribution in [2.75, 3.05) is 7.11 Å². The molecule has 0 unspecified atom stereocenters. The molecule has 2 aromatic rings. The van der Waals surface area contributed by atoms with E-state index < -0.39 is 0 Å². The first-order valence-corrected chi connectivity index (χ1v) is 7.63. The Kier molecular flexibility index (Phi) is 5.40. The second kappa shape index (κ2) is 7.28. The van der Waals surface area contributed by atoms with Gasteiger partial charge in [0.1, 0.15) is 5.75 Å². The van der Waals surface area contributed by atoms with Crippen molar-refractivity contribution in [1.29, 1.82) is 0 Å². The number of benzene rings is 2. The van der Waals surface area contributed by atoms with E-state index in [2.05, 4.69) is 62.5 Å². The normalized spacial score (nSPS) is 13.7. The molecule has 0 saturated heterocycles. The molecule has 2 nitrogen and oxygen atoms in total. The first-order chi connectivity index (χ1) is 10.1. The number of rotatable bonds is 6. The molecule has 2 atom stereocenters. The van der Waals surface area contributed by atoms with Crippen LogP contribution in [0.25, 0.3) is 0 Å². The lowest BCUT2D eigenvalue weighted by Gasteiger charge is -2.21. The van der Waals surface area contributed by atoms with Gasteiger partial charge in [-0.25, -0.2) is 0 Å². The summed E-state index contributed by atoms with van der Waals surface area (Å²) in [5.41, 5.74) is 3.94.